The fourth-order valence-corrected chi connectivity index (χ4v) is 2.55. The summed E-state index contributed by atoms with van der Waals surface area (Å²) in [5.41, 5.74) is 0.639. The zero-order chi connectivity index (χ0) is 16.4. The molecule has 0 saturated heterocycles. The van der Waals surface area contributed by atoms with Crippen LogP contribution < -0.4 is 18.9 Å². The molecule has 3 rings (SSSR count). The highest BCUT2D eigenvalue weighted by Gasteiger charge is 2.19. The first-order valence-corrected chi connectivity index (χ1v) is 7.41. The first-order valence-electron chi connectivity index (χ1n) is 6.61. The maximum atomic E-state index is 11.1. The highest BCUT2D eigenvalue weighted by molar-refractivity contribution is 9.10. The second kappa shape index (κ2) is 6.33. The number of halogens is 1. The minimum Gasteiger partial charge on any atom is -0.496 e. The largest absolute Gasteiger partial charge is 0.496 e. The molecule has 2 aromatic carbocycles. The lowest BCUT2D eigenvalue weighted by molar-refractivity contribution is -0.386. The molecule has 1 aliphatic rings. The molecule has 0 saturated carbocycles. The van der Waals surface area contributed by atoms with Gasteiger partial charge in [-0.15, -0.1) is 0 Å². The van der Waals surface area contributed by atoms with Gasteiger partial charge in [-0.05, 0) is 24.3 Å². The van der Waals surface area contributed by atoms with E-state index in [0.29, 0.717) is 17.2 Å². The third-order valence-electron chi connectivity index (χ3n) is 3.29. The Morgan fingerprint density at radius 3 is 2.70 bits per heavy atom. The third kappa shape index (κ3) is 3.16. The first kappa shape index (κ1) is 15.4. The normalized spacial score (nSPS) is 12.1. The van der Waals surface area contributed by atoms with Gasteiger partial charge in [0.15, 0.2) is 17.2 Å². The van der Waals surface area contributed by atoms with Crippen LogP contribution in [0, 0.1) is 10.1 Å². The van der Waals surface area contributed by atoms with E-state index < -0.39 is 4.92 Å². The molecule has 0 bridgehead atoms. The molecule has 0 spiro atoms. The van der Waals surface area contributed by atoms with E-state index in [9.17, 15) is 10.1 Å². The summed E-state index contributed by atoms with van der Waals surface area (Å²) in [6, 6.07) is 8.00. The standard InChI is InChI=1S/C15H12BrNO6/c1-20-10-2-3-13(12(5-10)17(18)19)21-7-9-4-14-15(6-11(9)16)23-8-22-14/h2-6H,7-8H2,1H3. The number of benzene rings is 2. The van der Waals surface area contributed by atoms with E-state index >= 15 is 0 Å². The van der Waals surface area contributed by atoms with Crippen molar-refractivity contribution in [3.8, 4) is 23.0 Å². The van der Waals surface area contributed by atoms with E-state index in [1.165, 1.54) is 19.2 Å². The van der Waals surface area contributed by atoms with Crippen molar-refractivity contribution >= 4 is 21.6 Å². The molecule has 0 aromatic heterocycles. The maximum Gasteiger partial charge on any atom is 0.314 e. The predicted molar refractivity (Wildman–Crippen MR) is 84.2 cm³/mol. The van der Waals surface area contributed by atoms with Gasteiger partial charge in [0.2, 0.25) is 6.79 Å². The van der Waals surface area contributed by atoms with Crippen LogP contribution in [0.1, 0.15) is 5.56 Å². The molecular formula is C15H12BrNO6. The van der Waals surface area contributed by atoms with Crippen LogP contribution >= 0.6 is 15.9 Å². The molecule has 1 heterocycles. The summed E-state index contributed by atoms with van der Waals surface area (Å²) in [4.78, 5) is 10.6. The Kier molecular flexibility index (Phi) is 4.24. The van der Waals surface area contributed by atoms with Crippen LogP contribution in [0.2, 0.25) is 0 Å². The summed E-state index contributed by atoms with van der Waals surface area (Å²) in [5, 5.41) is 11.1. The second-order valence-electron chi connectivity index (χ2n) is 4.68. The van der Waals surface area contributed by atoms with Crippen molar-refractivity contribution in [3.05, 3.63) is 50.5 Å². The van der Waals surface area contributed by atoms with Gasteiger partial charge in [0.25, 0.3) is 0 Å². The number of nitrogens with zero attached hydrogens (tertiary/aromatic N) is 1. The molecule has 0 aliphatic carbocycles. The molecule has 2 aromatic rings. The van der Waals surface area contributed by atoms with Crippen LogP contribution in [0.4, 0.5) is 5.69 Å². The van der Waals surface area contributed by atoms with E-state index in [0.717, 1.165) is 10.0 Å². The van der Waals surface area contributed by atoms with Crippen molar-refractivity contribution in [2.75, 3.05) is 13.9 Å². The number of methoxy groups -OCH3 is 1. The van der Waals surface area contributed by atoms with Gasteiger partial charge in [0.05, 0.1) is 18.1 Å². The quantitative estimate of drug-likeness (QED) is 0.580. The zero-order valence-electron chi connectivity index (χ0n) is 12.1. The highest BCUT2D eigenvalue weighted by atomic mass is 79.9. The summed E-state index contributed by atoms with van der Waals surface area (Å²) in [7, 11) is 1.45. The molecule has 8 heteroatoms. The fourth-order valence-electron chi connectivity index (χ4n) is 2.11. The van der Waals surface area contributed by atoms with Gasteiger partial charge in [-0.3, -0.25) is 10.1 Å². The van der Waals surface area contributed by atoms with E-state index in [1.54, 1.807) is 18.2 Å². The molecule has 23 heavy (non-hydrogen) atoms. The van der Waals surface area contributed by atoms with Gasteiger partial charge in [-0.2, -0.15) is 0 Å². The van der Waals surface area contributed by atoms with E-state index in [-0.39, 0.29) is 24.8 Å². The van der Waals surface area contributed by atoms with Crippen LogP contribution in [-0.4, -0.2) is 18.8 Å². The molecule has 0 fully saturated rings. The minimum atomic E-state index is -0.507. The SMILES string of the molecule is COc1ccc(OCc2cc3c(cc2Br)OCO3)c([N+](=O)[O-])c1. The smallest absolute Gasteiger partial charge is 0.314 e. The van der Waals surface area contributed by atoms with Crippen LogP contribution in [0.25, 0.3) is 0 Å². The van der Waals surface area contributed by atoms with Crippen molar-refractivity contribution < 1.29 is 23.9 Å². The topological polar surface area (TPSA) is 80.1 Å². The Labute approximate surface area is 140 Å². The number of nitro groups is 1. The average molecular weight is 382 g/mol. The van der Waals surface area contributed by atoms with Gasteiger partial charge in [-0.25, -0.2) is 0 Å². The molecule has 120 valence electrons. The maximum absolute atomic E-state index is 11.1. The Morgan fingerprint density at radius 2 is 2.00 bits per heavy atom. The van der Waals surface area contributed by atoms with E-state index in [4.69, 9.17) is 18.9 Å². The van der Waals surface area contributed by atoms with Crippen LogP contribution in [0.3, 0.4) is 0 Å². The van der Waals surface area contributed by atoms with Crippen LogP contribution in [-0.2, 0) is 6.61 Å². The van der Waals surface area contributed by atoms with E-state index in [1.807, 2.05) is 0 Å². The lowest BCUT2D eigenvalue weighted by Gasteiger charge is -2.10. The first-order chi connectivity index (χ1) is 11.1. The monoisotopic (exact) mass is 381 g/mol. The molecule has 1 aliphatic heterocycles. The minimum absolute atomic E-state index is 0.143. The summed E-state index contributed by atoms with van der Waals surface area (Å²) >= 11 is 3.42. The van der Waals surface area contributed by atoms with Crippen molar-refractivity contribution in [2.45, 2.75) is 6.61 Å². The summed E-state index contributed by atoms with van der Waals surface area (Å²) in [6.07, 6.45) is 0. The van der Waals surface area contributed by atoms with Crippen molar-refractivity contribution in [3.63, 3.8) is 0 Å². The number of nitro benzene ring substituents is 1. The van der Waals surface area contributed by atoms with Gasteiger partial charge in [0, 0.05) is 10.0 Å². The zero-order valence-corrected chi connectivity index (χ0v) is 13.7. The molecule has 0 radical (unpaired) electrons. The number of hydrogen-bond acceptors (Lipinski definition) is 6. The molecule has 0 N–H and O–H groups in total. The fraction of sp³-hybridized carbons (Fsp3) is 0.200. The Morgan fingerprint density at radius 1 is 1.26 bits per heavy atom. The van der Waals surface area contributed by atoms with Gasteiger partial charge < -0.3 is 18.9 Å². The third-order valence-corrected chi connectivity index (χ3v) is 4.03. The van der Waals surface area contributed by atoms with Gasteiger partial charge in [-0.1, -0.05) is 15.9 Å². The number of rotatable bonds is 5. The Hall–Kier alpha value is -2.48. The van der Waals surface area contributed by atoms with Gasteiger partial charge >= 0.3 is 5.69 Å². The number of hydrogen-bond donors (Lipinski definition) is 0. The molecular weight excluding hydrogens is 370 g/mol. The summed E-state index contributed by atoms with van der Waals surface area (Å²) < 4.78 is 22.0. The van der Waals surface area contributed by atoms with Crippen molar-refractivity contribution in [1.29, 1.82) is 0 Å². The van der Waals surface area contributed by atoms with E-state index in [2.05, 4.69) is 15.9 Å². The molecule has 0 amide bonds. The second-order valence-corrected chi connectivity index (χ2v) is 5.53. The summed E-state index contributed by atoms with van der Waals surface area (Å²) in [5.74, 6) is 1.83. The molecule has 7 nitrogen and oxygen atoms in total. The lowest BCUT2D eigenvalue weighted by Crippen LogP contribution is -2.00. The number of ether oxygens (including phenoxy) is 4. The Balaban J connectivity index is 1.82. The highest BCUT2D eigenvalue weighted by Crippen LogP contribution is 2.38. The molecule has 0 unspecified atom stereocenters. The predicted octanol–water partition coefficient (Wildman–Crippen LogP) is 3.67. The summed E-state index contributed by atoms with van der Waals surface area (Å²) in [6.45, 7) is 0.320. The van der Waals surface area contributed by atoms with Crippen LogP contribution in [0.5, 0.6) is 23.0 Å². The lowest BCUT2D eigenvalue weighted by atomic mass is 10.2. The van der Waals surface area contributed by atoms with Gasteiger partial charge in [0.1, 0.15) is 12.4 Å². The molecule has 0 atom stereocenters. The van der Waals surface area contributed by atoms with Crippen LogP contribution in [0.15, 0.2) is 34.8 Å². The van der Waals surface area contributed by atoms with Crippen molar-refractivity contribution in [1.82, 2.24) is 0 Å². The average Bonchev–Trinajstić information content (AvgIpc) is 2.99. The van der Waals surface area contributed by atoms with Crippen molar-refractivity contribution in [2.24, 2.45) is 0 Å². The number of fused-ring (bicyclic) bond motifs is 1. The Bertz CT molecular complexity index is 764.